The van der Waals surface area contributed by atoms with E-state index in [1.807, 2.05) is 0 Å². The van der Waals surface area contributed by atoms with E-state index < -0.39 is 47.3 Å². The van der Waals surface area contributed by atoms with Crippen LogP contribution in [0.5, 0.6) is 5.75 Å². The molecule has 0 saturated carbocycles. The van der Waals surface area contributed by atoms with Crippen LogP contribution in [0.3, 0.4) is 0 Å². The molecular weight excluding hydrogens is 1490 g/mol. The SMILES string of the molecule is Cn1cc(NC(=O)c2cc(NC(=O)c3cc(NC(=O)c4nc(N=C(O)CCCNC(=O)c5cc(NC(=O)c6cc(NC(=O)c7nc(NC(=O)c8nccn8C)cn7C)cn6C)cn5C)cn4C)cn3C)cn2C)cc1C(=O)NCCCCCCCN=C(S)Nc1ccc(-c2c3ccc(=O)cc-3oc3cc(O)ccc23)c(C(=O)O)c1. The zero-order valence-corrected chi connectivity index (χ0v) is 63.8. The summed E-state index contributed by atoms with van der Waals surface area (Å²) in [6.45, 7) is 1.02. The second-order valence-electron chi connectivity index (χ2n) is 26.9. The number of unbranched alkanes of at least 4 members (excludes halogenated alkanes) is 4. The van der Waals surface area contributed by atoms with E-state index in [-0.39, 0.29) is 117 Å². The van der Waals surface area contributed by atoms with Crippen LogP contribution in [-0.2, 0) is 56.4 Å². The van der Waals surface area contributed by atoms with Crippen molar-refractivity contribution in [2.45, 2.75) is 44.9 Å². The molecule has 0 fully saturated rings. The molecule has 9 heterocycles. The van der Waals surface area contributed by atoms with Gasteiger partial charge in [-0.2, -0.15) is 4.99 Å². The van der Waals surface area contributed by atoms with Gasteiger partial charge in [-0.1, -0.05) is 25.3 Å². The largest absolute Gasteiger partial charge is 0.508 e. The van der Waals surface area contributed by atoms with Crippen molar-refractivity contribution in [1.82, 2.24) is 62.1 Å². The maximum atomic E-state index is 13.6. The van der Waals surface area contributed by atoms with Crippen LogP contribution in [0.2, 0.25) is 0 Å². The smallest absolute Gasteiger partial charge is 0.336 e. The monoisotopic (exact) mass is 1570 g/mol. The third-order valence-electron chi connectivity index (χ3n) is 18.3. The number of amidine groups is 1. The fourth-order valence-corrected chi connectivity index (χ4v) is 13.0. The molecule has 8 amide bonds. The van der Waals surface area contributed by atoms with Crippen LogP contribution >= 0.6 is 12.6 Å². The predicted octanol–water partition coefficient (Wildman–Crippen LogP) is 9.25. The molecule has 0 radical (unpaired) electrons. The van der Waals surface area contributed by atoms with Crippen LogP contribution in [0.15, 0.2) is 160 Å². The number of carbonyl (C=O) groups excluding carboxylic acids is 8. The van der Waals surface area contributed by atoms with Crippen molar-refractivity contribution in [3.8, 4) is 28.2 Å². The molecule has 8 aromatic heterocycles. The fraction of sp³-hybridized carbons (Fsp3) is 0.234. The van der Waals surface area contributed by atoms with Gasteiger partial charge in [0.15, 0.2) is 34.0 Å². The minimum atomic E-state index is -1.18. The molecule has 0 bridgehead atoms. The van der Waals surface area contributed by atoms with E-state index in [4.69, 9.17) is 4.42 Å². The second-order valence-corrected chi connectivity index (χ2v) is 27.4. The third kappa shape index (κ3) is 18.5. The Kier molecular flexibility index (Phi) is 23.7. The summed E-state index contributed by atoms with van der Waals surface area (Å²) in [6.07, 6.45) is 18.2. The number of aliphatic hydroxyl groups is 1. The van der Waals surface area contributed by atoms with Gasteiger partial charge in [0.1, 0.15) is 45.6 Å². The molecule has 0 unspecified atom stereocenters. The molecule has 12 rings (SSSR count). The first-order chi connectivity index (χ1) is 54.5. The van der Waals surface area contributed by atoms with Gasteiger partial charge in [-0.05, 0) is 91.6 Å². The maximum Gasteiger partial charge on any atom is 0.336 e. The van der Waals surface area contributed by atoms with Crippen molar-refractivity contribution in [2.75, 3.05) is 56.9 Å². The molecule has 12 N–H and O–H groups in total. The molecule has 2 aromatic carbocycles. The fourth-order valence-electron chi connectivity index (χ4n) is 12.8. The Hall–Kier alpha value is -14.5. The highest BCUT2D eigenvalue weighted by molar-refractivity contribution is 7.97. The Balaban J connectivity index is 0.537. The number of benzene rings is 3. The number of aromatic hydroxyl groups is 1. The first-order valence-electron chi connectivity index (χ1n) is 35.7. The summed E-state index contributed by atoms with van der Waals surface area (Å²) < 4.78 is 18.0. The molecule has 588 valence electrons. The van der Waals surface area contributed by atoms with Crippen LogP contribution < -0.4 is 53.3 Å². The van der Waals surface area contributed by atoms with Crippen LogP contribution in [0.25, 0.3) is 33.4 Å². The summed E-state index contributed by atoms with van der Waals surface area (Å²) in [5, 5.41) is 57.3. The van der Waals surface area contributed by atoms with Crippen LogP contribution in [0.4, 0.5) is 45.8 Å². The van der Waals surface area contributed by atoms with Gasteiger partial charge >= 0.3 is 5.97 Å². The minimum absolute atomic E-state index is 0.0102. The van der Waals surface area contributed by atoms with E-state index in [1.165, 1.54) is 111 Å². The highest BCUT2D eigenvalue weighted by Gasteiger charge is 2.27. The Morgan fingerprint density at radius 1 is 0.465 bits per heavy atom. The van der Waals surface area contributed by atoms with Crippen LogP contribution in [0.1, 0.15) is 140 Å². The number of fused-ring (bicyclic) bond motifs is 2. The number of imidazole rings is 3. The van der Waals surface area contributed by atoms with Crippen molar-refractivity contribution in [3.05, 3.63) is 202 Å². The number of thiol groups is 1. The number of hydrogen-bond donors (Lipinski definition) is 13. The molecule has 2 aliphatic rings. The molecule has 36 nitrogen and oxygen atoms in total. The lowest BCUT2D eigenvalue weighted by Gasteiger charge is -2.17. The Labute approximate surface area is 654 Å². The number of phenols is 1. The number of aryl methyl sites for hydroxylation is 8. The lowest BCUT2D eigenvalue weighted by molar-refractivity contribution is 0.0695. The number of hydrogen-bond acceptors (Lipinski definition) is 17. The molecule has 1 aliphatic heterocycles. The average Bonchev–Trinajstić information content (AvgIpc) is 1.71. The molecule has 10 aromatic rings. The molecule has 114 heavy (non-hydrogen) atoms. The van der Waals surface area contributed by atoms with Crippen molar-refractivity contribution in [2.24, 2.45) is 66.4 Å². The quantitative estimate of drug-likeness (QED) is 0.00655. The van der Waals surface area contributed by atoms with Gasteiger partial charge in [-0.3, -0.25) is 48.1 Å². The number of nitrogens with one attached hydrogen (secondary N) is 9. The number of aliphatic imine (C=N–C) groups is 2. The van der Waals surface area contributed by atoms with E-state index >= 15 is 0 Å². The zero-order chi connectivity index (χ0) is 81.3. The molecule has 1 aliphatic carbocycles. The molecule has 0 spiro atoms. The number of carboxylic acids is 1. The number of phenolic OH excluding ortho intramolecular Hbond substituents is 1. The topological polar surface area (TPSA) is 456 Å². The number of aromatic nitrogens is 11. The van der Waals surface area contributed by atoms with Gasteiger partial charge in [0.05, 0.1) is 40.2 Å². The number of nitrogens with zero attached hydrogens (tertiary/aromatic N) is 13. The summed E-state index contributed by atoms with van der Waals surface area (Å²) in [6, 6.07) is 21.1. The molecule has 0 saturated heterocycles. The standard InChI is InChI=1S/C77H80N22O14S/c1-92-26-25-78-65(92)73(108)91-62-41-99(8)67(90-62)75(110)86-47-32-57(96(5)39-47)71(106)83-44-29-55(94(3)36-44)69(104)80-24-14-15-63(102)88-61-40-98(7)66(89-61)74(109)85-46-31-58(97(6)38-46)72(107)84-45-30-56(95(4)37-45)70(105)82-43-28-54(93(2)35-43)68(103)79-22-12-10-9-11-13-23-81-77(114)87-42-16-19-50(53(27-42)76(111)112)64-51-20-17-48(100)33-59(51)113-60-34-49(101)18-21-52(60)64/h16-21,25-41,100H,9-15,22-24H2,1-8H3,(H,79,103)(H,80,104)(H,82,105)(H,83,106)(H,84,107)(H,85,109)(H,86,110)(H,88,102)(H,91,108)(H,111,112)(H2,81,87,114). The average molecular weight is 1570 g/mol. The second kappa shape index (κ2) is 34.2. The summed E-state index contributed by atoms with van der Waals surface area (Å²) in [7, 11) is 13.0. The van der Waals surface area contributed by atoms with E-state index in [0.717, 1.165) is 32.1 Å². The van der Waals surface area contributed by atoms with E-state index in [0.29, 0.717) is 74.5 Å². The van der Waals surface area contributed by atoms with Gasteiger partial charge in [0, 0.05) is 166 Å². The van der Waals surface area contributed by atoms with Gasteiger partial charge in [0.25, 0.3) is 47.3 Å². The Bertz CT molecular complexity index is 5870. The molecular formula is C77H80N22O14S. The Morgan fingerprint density at radius 3 is 1.50 bits per heavy atom. The lowest BCUT2D eigenvalue weighted by Crippen LogP contribution is -2.26. The number of rotatable bonds is 30. The van der Waals surface area contributed by atoms with Gasteiger partial charge in [-0.25, -0.2) is 19.7 Å². The number of carbonyl (C=O) groups is 9. The summed E-state index contributed by atoms with van der Waals surface area (Å²) in [5.74, 6) is -5.17. The highest BCUT2D eigenvalue weighted by Crippen LogP contribution is 2.43. The van der Waals surface area contributed by atoms with Gasteiger partial charge in [0.2, 0.25) is 11.6 Å². The Morgan fingerprint density at radius 2 is 0.956 bits per heavy atom. The normalized spacial score (nSPS) is 11.6. The van der Waals surface area contributed by atoms with Gasteiger partial charge in [-0.15, -0.1) is 12.6 Å². The van der Waals surface area contributed by atoms with Crippen molar-refractivity contribution in [3.63, 3.8) is 0 Å². The zero-order valence-electron chi connectivity index (χ0n) is 62.9. The van der Waals surface area contributed by atoms with Gasteiger partial charge < -0.3 is 104 Å². The van der Waals surface area contributed by atoms with Crippen LogP contribution in [-0.4, -0.2) is 151 Å². The van der Waals surface area contributed by atoms with E-state index in [2.05, 4.69) is 85.4 Å². The number of carboxylic acid groups (broad SMARTS) is 1. The highest BCUT2D eigenvalue weighted by atomic mass is 32.1. The molecule has 37 heteroatoms. The number of aliphatic hydroxyl groups excluding tert-OH is 1. The summed E-state index contributed by atoms with van der Waals surface area (Å²) in [4.78, 5) is 153. The first-order valence-corrected chi connectivity index (χ1v) is 36.1. The van der Waals surface area contributed by atoms with Crippen molar-refractivity contribution >= 4 is 134 Å². The summed E-state index contributed by atoms with van der Waals surface area (Å²) in [5.41, 5.74) is 4.50. The van der Waals surface area contributed by atoms with Crippen LogP contribution in [0, 0.1) is 0 Å². The third-order valence-corrected chi connectivity index (χ3v) is 18.6. The van der Waals surface area contributed by atoms with E-state index in [1.54, 1.807) is 122 Å². The number of aromatic carboxylic acids is 1. The van der Waals surface area contributed by atoms with Crippen molar-refractivity contribution < 1.29 is 62.9 Å². The predicted molar refractivity (Wildman–Crippen MR) is 429 cm³/mol. The summed E-state index contributed by atoms with van der Waals surface area (Å²) >= 11 is 4.50. The lowest BCUT2D eigenvalue weighted by atomic mass is 9.90. The first kappa shape index (κ1) is 79.0. The molecule has 0 atom stereocenters. The minimum Gasteiger partial charge on any atom is -0.508 e. The number of anilines is 7. The maximum absolute atomic E-state index is 13.6. The van der Waals surface area contributed by atoms with E-state index in [9.17, 15) is 63.3 Å². The van der Waals surface area contributed by atoms with Crippen molar-refractivity contribution in [1.29, 1.82) is 0 Å². The number of amides is 8.